The van der Waals surface area contributed by atoms with Crippen LogP contribution in [0.3, 0.4) is 0 Å². The molecule has 0 radical (unpaired) electrons. The number of ketones is 1. The number of fused-ring (bicyclic) bond motifs is 1. The van der Waals surface area contributed by atoms with E-state index in [1.807, 2.05) is 18.2 Å². The molecule has 0 aromatic heterocycles. The van der Waals surface area contributed by atoms with Gasteiger partial charge >= 0.3 is 0 Å². The minimum Gasteiger partial charge on any atom is -0.497 e. The maximum absolute atomic E-state index is 15.2. The lowest BCUT2D eigenvalue weighted by Crippen LogP contribution is -2.06. The first-order valence-corrected chi connectivity index (χ1v) is 11.5. The van der Waals surface area contributed by atoms with Crippen LogP contribution in [0.1, 0.15) is 15.9 Å². The van der Waals surface area contributed by atoms with Crippen LogP contribution in [0, 0.1) is 5.82 Å². The topological polar surface area (TPSA) is 44.8 Å². The highest BCUT2D eigenvalue weighted by atomic mass is 79.9. The fraction of sp³-hybridized carbons (Fsp3) is 0.148. The second kappa shape index (κ2) is 10.0. The molecule has 0 atom stereocenters. The van der Waals surface area contributed by atoms with Gasteiger partial charge in [0.1, 0.15) is 11.5 Å². The molecule has 33 heavy (non-hydrogen) atoms. The van der Waals surface area contributed by atoms with E-state index in [0.29, 0.717) is 51.1 Å². The summed E-state index contributed by atoms with van der Waals surface area (Å²) in [6, 6.07) is 21.0. The van der Waals surface area contributed by atoms with Crippen LogP contribution in [0.15, 0.2) is 72.8 Å². The van der Waals surface area contributed by atoms with Crippen LogP contribution in [-0.4, -0.2) is 31.9 Å². The SMILES string of the molecule is COc1ccc2c(C(=O)c3ccc(OCCBr)cc3)c(-c3cccc(OC)c3F)ccc2c1. The molecule has 0 heterocycles. The molecule has 4 aromatic carbocycles. The van der Waals surface area contributed by atoms with E-state index in [2.05, 4.69) is 15.9 Å². The third kappa shape index (κ3) is 4.57. The Morgan fingerprint density at radius 1 is 0.879 bits per heavy atom. The van der Waals surface area contributed by atoms with Crippen LogP contribution >= 0.6 is 15.9 Å². The summed E-state index contributed by atoms with van der Waals surface area (Å²) >= 11 is 3.33. The van der Waals surface area contributed by atoms with Crippen molar-refractivity contribution in [1.29, 1.82) is 0 Å². The molecular weight excluding hydrogens is 487 g/mol. The molecule has 0 fully saturated rings. The highest BCUT2D eigenvalue weighted by Crippen LogP contribution is 2.37. The summed E-state index contributed by atoms with van der Waals surface area (Å²) in [5.41, 5.74) is 1.69. The molecule has 0 spiro atoms. The standard InChI is InChI=1S/C27H22BrFO4/c1-31-20-11-13-21-18(16-20)8-12-22(23-4-3-5-24(32-2)26(23)29)25(21)27(30)17-6-9-19(10-7-17)33-15-14-28/h3-13,16H,14-15H2,1-2H3. The van der Waals surface area contributed by atoms with Crippen molar-refractivity contribution in [3.63, 3.8) is 0 Å². The van der Waals surface area contributed by atoms with E-state index in [4.69, 9.17) is 14.2 Å². The van der Waals surface area contributed by atoms with E-state index in [-0.39, 0.29) is 11.5 Å². The number of carbonyl (C=O) groups is 1. The Morgan fingerprint density at radius 3 is 2.33 bits per heavy atom. The molecule has 0 aliphatic heterocycles. The normalized spacial score (nSPS) is 10.8. The zero-order chi connectivity index (χ0) is 23.4. The van der Waals surface area contributed by atoms with Gasteiger partial charge in [0.2, 0.25) is 0 Å². The van der Waals surface area contributed by atoms with Gasteiger partial charge in [0, 0.05) is 22.0 Å². The lowest BCUT2D eigenvalue weighted by Gasteiger charge is -2.15. The van der Waals surface area contributed by atoms with Gasteiger partial charge in [-0.2, -0.15) is 0 Å². The van der Waals surface area contributed by atoms with Gasteiger partial charge in [-0.05, 0) is 64.9 Å². The van der Waals surface area contributed by atoms with Crippen LogP contribution in [-0.2, 0) is 0 Å². The van der Waals surface area contributed by atoms with Gasteiger partial charge in [0.15, 0.2) is 17.3 Å². The molecule has 0 unspecified atom stereocenters. The average Bonchev–Trinajstić information content (AvgIpc) is 2.86. The fourth-order valence-electron chi connectivity index (χ4n) is 3.78. The Kier molecular flexibility index (Phi) is 6.94. The van der Waals surface area contributed by atoms with Crippen molar-refractivity contribution < 1.29 is 23.4 Å². The molecule has 0 saturated heterocycles. The largest absolute Gasteiger partial charge is 0.497 e. The molecule has 4 rings (SSSR count). The van der Waals surface area contributed by atoms with E-state index in [1.165, 1.54) is 7.11 Å². The fourth-order valence-corrected chi connectivity index (χ4v) is 3.95. The van der Waals surface area contributed by atoms with Crippen molar-refractivity contribution in [2.75, 3.05) is 26.2 Å². The molecule has 0 aliphatic carbocycles. The van der Waals surface area contributed by atoms with Gasteiger partial charge in [-0.1, -0.05) is 40.2 Å². The Balaban J connectivity index is 1.90. The molecule has 0 saturated carbocycles. The number of benzene rings is 4. The van der Waals surface area contributed by atoms with Gasteiger partial charge < -0.3 is 14.2 Å². The molecule has 0 amide bonds. The number of carbonyl (C=O) groups excluding carboxylic acids is 1. The van der Waals surface area contributed by atoms with Crippen LogP contribution in [0.25, 0.3) is 21.9 Å². The first kappa shape index (κ1) is 22.8. The smallest absolute Gasteiger partial charge is 0.194 e. The third-order valence-electron chi connectivity index (χ3n) is 5.39. The molecular formula is C27H22BrFO4. The first-order chi connectivity index (χ1) is 16.1. The van der Waals surface area contributed by atoms with E-state index >= 15 is 4.39 Å². The summed E-state index contributed by atoms with van der Waals surface area (Å²) in [4.78, 5) is 13.8. The van der Waals surface area contributed by atoms with E-state index in [0.717, 1.165) is 5.39 Å². The van der Waals surface area contributed by atoms with Crippen LogP contribution in [0.5, 0.6) is 17.2 Å². The van der Waals surface area contributed by atoms with E-state index < -0.39 is 5.82 Å². The van der Waals surface area contributed by atoms with Gasteiger partial charge in [-0.25, -0.2) is 4.39 Å². The Hall–Kier alpha value is -3.38. The van der Waals surface area contributed by atoms with E-state index in [9.17, 15) is 4.79 Å². The highest BCUT2D eigenvalue weighted by Gasteiger charge is 2.22. The Labute approximate surface area is 200 Å². The predicted octanol–water partition coefficient (Wildman–Crippen LogP) is 6.67. The molecule has 4 aromatic rings. The molecule has 0 aliphatic rings. The van der Waals surface area contributed by atoms with E-state index in [1.54, 1.807) is 61.7 Å². The van der Waals surface area contributed by atoms with Crippen molar-refractivity contribution in [1.82, 2.24) is 0 Å². The quantitative estimate of drug-likeness (QED) is 0.197. The second-order valence-electron chi connectivity index (χ2n) is 7.29. The van der Waals surface area contributed by atoms with Crippen molar-refractivity contribution in [3.05, 3.63) is 89.7 Å². The summed E-state index contributed by atoms with van der Waals surface area (Å²) in [6.07, 6.45) is 0. The lowest BCUT2D eigenvalue weighted by atomic mass is 9.89. The summed E-state index contributed by atoms with van der Waals surface area (Å²) in [5, 5.41) is 2.24. The number of hydrogen-bond donors (Lipinski definition) is 0. The zero-order valence-electron chi connectivity index (χ0n) is 18.2. The Morgan fingerprint density at radius 2 is 1.64 bits per heavy atom. The number of hydrogen-bond acceptors (Lipinski definition) is 4. The number of methoxy groups -OCH3 is 2. The minimum absolute atomic E-state index is 0.119. The molecule has 0 bridgehead atoms. The maximum atomic E-state index is 15.2. The average molecular weight is 509 g/mol. The van der Waals surface area contributed by atoms with Gasteiger partial charge in [0.25, 0.3) is 0 Å². The summed E-state index contributed by atoms with van der Waals surface area (Å²) in [7, 11) is 3.01. The van der Waals surface area contributed by atoms with Gasteiger partial charge in [0.05, 0.1) is 20.8 Å². The molecule has 0 N–H and O–H groups in total. The third-order valence-corrected chi connectivity index (χ3v) is 5.71. The number of alkyl halides is 1. The van der Waals surface area contributed by atoms with Gasteiger partial charge in [-0.15, -0.1) is 0 Å². The first-order valence-electron chi connectivity index (χ1n) is 10.3. The van der Waals surface area contributed by atoms with Crippen molar-refractivity contribution in [2.24, 2.45) is 0 Å². The summed E-state index contributed by atoms with van der Waals surface area (Å²) in [6.45, 7) is 0.526. The van der Waals surface area contributed by atoms with Gasteiger partial charge in [-0.3, -0.25) is 4.79 Å². The Bertz CT molecular complexity index is 1300. The van der Waals surface area contributed by atoms with Crippen molar-refractivity contribution in [3.8, 4) is 28.4 Å². The summed E-state index contributed by atoms with van der Waals surface area (Å²) < 4.78 is 31.3. The van der Waals surface area contributed by atoms with Crippen LogP contribution < -0.4 is 14.2 Å². The van der Waals surface area contributed by atoms with Crippen molar-refractivity contribution in [2.45, 2.75) is 0 Å². The summed E-state index contributed by atoms with van der Waals surface area (Å²) in [5.74, 6) is 0.742. The minimum atomic E-state index is -0.513. The second-order valence-corrected chi connectivity index (χ2v) is 8.08. The molecule has 168 valence electrons. The molecule has 6 heteroatoms. The maximum Gasteiger partial charge on any atom is 0.194 e. The number of rotatable bonds is 8. The monoisotopic (exact) mass is 508 g/mol. The lowest BCUT2D eigenvalue weighted by molar-refractivity contribution is 0.104. The number of ether oxygens (including phenoxy) is 3. The zero-order valence-corrected chi connectivity index (χ0v) is 19.8. The highest BCUT2D eigenvalue weighted by molar-refractivity contribution is 9.09. The number of halogens is 2. The predicted molar refractivity (Wildman–Crippen MR) is 132 cm³/mol. The van der Waals surface area contributed by atoms with Crippen molar-refractivity contribution >= 4 is 32.5 Å². The molecule has 4 nitrogen and oxygen atoms in total. The van der Waals surface area contributed by atoms with Crippen LogP contribution in [0.4, 0.5) is 4.39 Å². The van der Waals surface area contributed by atoms with Crippen LogP contribution in [0.2, 0.25) is 0 Å².